The molecule has 0 saturated heterocycles. The molecule has 39 heavy (non-hydrogen) atoms. The molecule has 6 heteroatoms. The Balaban J connectivity index is 0.00000722. The average molecular weight is 551 g/mol. The number of aliphatic imine (C=N–C) groups is 2. The largest absolute Gasteiger partial charge is 1.00 e. The van der Waals surface area contributed by atoms with E-state index < -0.39 is 0 Å². The molecular weight excluding hydrogens is 502 g/mol. The van der Waals surface area contributed by atoms with Crippen LogP contribution in [0, 0.1) is 0 Å². The first-order chi connectivity index (χ1) is 16.7. The van der Waals surface area contributed by atoms with Gasteiger partial charge in [0, 0.05) is 25.5 Å². The Bertz CT molecular complexity index is 1070. The van der Waals surface area contributed by atoms with E-state index in [1.165, 1.54) is 0 Å². The molecule has 0 heterocycles. The Morgan fingerprint density at radius 2 is 0.846 bits per heavy atom. The average Bonchev–Trinajstić information content (AvgIpc) is 2.71. The zero-order chi connectivity index (χ0) is 28.4. The van der Waals surface area contributed by atoms with Crippen molar-refractivity contribution in [1.29, 1.82) is 0 Å². The third-order valence-electron chi connectivity index (χ3n) is 6.65. The molecule has 2 aromatic carbocycles. The summed E-state index contributed by atoms with van der Waals surface area (Å²) < 4.78 is 0. The fraction of sp³-hybridized carbons (Fsp3) is 0.576. The molecule has 0 radical (unpaired) electrons. The van der Waals surface area contributed by atoms with E-state index >= 15 is 0 Å². The third kappa shape index (κ3) is 10.9. The van der Waals surface area contributed by atoms with Crippen molar-refractivity contribution in [2.45, 2.75) is 111 Å². The van der Waals surface area contributed by atoms with Crippen molar-refractivity contribution in [1.82, 2.24) is 0 Å². The van der Waals surface area contributed by atoms with Crippen molar-refractivity contribution < 1.29 is 69.3 Å². The van der Waals surface area contributed by atoms with Crippen LogP contribution < -0.4 is 69.3 Å². The molecule has 2 aromatic rings. The number of rotatable bonds is 6. The van der Waals surface area contributed by atoms with Crippen molar-refractivity contribution in [3.8, 4) is 11.5 Å². The molecule has 0 saturated carbocycles. The molecule has 0 spiro atoms. The van der Waals surface area contributed by atoms with Gasteiger partial charge in [0.05, 0.1) is 0 Å². The Hall–Kier alpha value is -0.620. The van der Waals surface area contributed by atoms with Crippen molar-refractivity contribution >= 4 is 12.4 Å². The van der Waals surface area contributed by atoms with Gasteiger partial charge in [-0.3, -0.25) is 9.98 Å². The zero-order valence-corrected chi connectivity index (χ0v) is 31.3. The zero-order valence-electron chi connectivity index (χ0n) is 27.3. The Morgan fingerprint density at radius 1 is 0.538 bits per heavy atom. The van der Waals surface area contributed by atoms with Crippen molar-refractivity contribution in [3.63, 3.8) is 0 Å². The predicted molar refractivity (Wildman–Crippen MR) is 156 cm³/mol. The molecule has 0 unspecified atom stereocenters. The molecule has 4 nitrogen and oxygen atoms in total. The molecule has 0 aliphatic heterocycles. The second-order valence-electron chi connectivity index (χ2n) is 14.3. The molecule has 0 aliphatic rings. The van der Waals surface area contributed by atoms with Crippen LogP contribution in [0.3, 0.4) is 0 Å². The van der Waals surface area contributed by atoms with Gasteiger partial charge in [0.15, 0.2) is 0 Å². The molecule has 0 atom stereocenters. The molecular formula is C33H48N2Na2O2. The fourth-order valence-electron chi connectivity index (χ4n) is 4.19. The molecule has 204 valence electrons. The second-order valence-corrected chi connectivity index (χ2v) is 14.3. The maximum Gasteiger partial charge on any atom is 1.00 e. The summed E-state index contributed by atoms with van der Waals surface area (Å²) in [5, 5.41) is 25.9. The first-order valence-electron chi connectivity index (χ1n) is 13.4. The third-order valence-corrected chi connectivity index (χ3v) is 6.65. The maximum atomic E-state index is 13.0. The molecule has 0 fully saturated rings. The van der Waals surface area contributed by atoms with E-state index in [2.05, 4.69) is 105 Å². The van der Waals surface area contributed by atoms with E-state index in [-0.39, 0.29) is 92.3 Å². The van der Waals surface area contributed by atoms with E-state index in [4.69, 9.17) is 0 Å². The molecule has 0 aromatic heterocycles. The van der Waals surface area contributed by atoms with Crippen molar-refractivity contribution in [2.24, 2.45) is 9.98 Å². The minimum absolute atomic E-state index is 0. The Morgan fingerprint density at radius 3 is 1.10 bits per heavy atom. The van der Waals surface area contributed by atoms with Gasteiger partial charge in [0.1, 0.15) is 0 Å². The molecule has 2 rings (SSSR count). The van der Waals surface area contributed by atoms with E-state index in [1.54, 1.807) is 24.6 Å². The van der Waals surface area contributed by atoms with Crippen LogP contribution in [0.4, 0.5) is 0 Å². The first kappa shape index (κ1) is 38.4. The van der Waals surface area contributed by atoms with Crippen LogP contribution in [0.1, 0.15) is 123 Å². The summed E-state index contributed by atoms with van der Waals surface area (Å²) in [4.78, 5) is 9.13. The number of hydrogen-bond donors (Lipinski definition) is 0. The summed E-state index contributed by atoms with van der Waals surface area (Å²) in [6.45, 7) is 26.7. The van der Waals surface area contributed by atoms with Gasteiger partial charge >= 0.3 is 59.1 Å². The van der Waals surface area contributed by atoms with Crippen molar-refractivity contribution in [2.75, 3.05) is 13.1 Å². The monoisotopic (exact) mass is 550 g/mol. The van der Waals surface area contributed by atoms with Crippen molar-refractivity contribution in [3.05, 3.63) is 57.6 Å². The summed E-state index contributed by atoms with van der Waals surface area (Å²) in [6, 6.07) is 7.81. The smallest absolute Gasteiger partial charge is 0.872 e. The summed E-state index contributed by atoms with van der Waals surface area (Å²) >= 11 is 0. The van der Waals surface area contributed by atoms with Gasteiger partial charge in [-0.1, -0.05) is 119 Å². The van der Waals surface area contributed by atoms with Gasteiger partial charge in [-0.05, 0) is 61.5 Å². The van der Waals surface area contributed by atoms with Crippen LogP contribution in [0.2, 0.25) is 0 Å². The van der Waals surface area contributed by atoms with Gasteiger partial charge < -0.3 is 10.2 Å². The fourth-order valence-corrected chi connectivity index (χ4v) is 4.19. The summed E-state index contributed by atoms with van der Waals surface area (Å²) in [5.74, 6) is 0.0472. The molecule has 0 aliphatic carbocycles. The van der Waals surface area contributed by atoms with Gasteiger partial charge in [-0.25, -0.2) is 0 Å². The minimum Gasteiger partial charge on any atom is -0.872 e. The van der Waals surface area contributed by atoms with Crippen LogP contribution in [0.5, 0.6) is 11.5 Å². The Labute approximate surface area is 282 Å². The predicted octanol–water partition coefficient (Wildman–Crippen LogP) is 0.960. The number of nitrogens with zero attached hydrogens (tertiary/aromatic N) is 2. The minimum atomic E-state index is -0.157. The summed E-state index contributed by atoms with van der Waals surface area (Å²) in [7, 11) is 0. The van der Waals surface area contributed by atoms with Gasteiger partial charge in [-0.15, -0.1) is 0 Å². The molecule has 0 amide bonds. The number of benzene rings is 2. The van der Waals surface area contributed by atoms with Crippen LogP contribution in [0.15, 0.2) is 34.3 Å². The topological polar surface area (TPSA) is 70.8 Å². The van der Waals surface area contributed by atoms with Crippen LogP contribution in [0.25, 0.3) is 0 Å². The SMILES string of the molecule is CC(C)(C)c1cc([O-])c(C=NCCCN=Cc2c([O-])cc(C(C)(C)C)cc2C(C)(C)C)c(C(C)(C)C)c1.[Na+].[Na+]. The quantitative estimate of drug-likeness (QED) is 0.306. The van der Waals surface area contributed by atoms with E-state index in [0.29, 0.717) is 24.2 Å². The standard InChI is InChI=1S/C33H50N2O2.2Na/c1-30(2,3)22-16-26(32(7,8)9)24(28(36)18-22)20-34-14-13-15-35-21-25-27(33(10,11)12)17-23(19-29(25)37)31(4,5)6;;/h16-21,36-37H,13-15H2,1-12H3;;/q;2*+1/p-2. The van der Waals surface area contributed by atoms with Gasteiger partial charge in [-0.2, -0.15) is 0 Å². The van der Waals surface area contributed by atoms with Crippen LogP contribution in [-0.2, 0) is 21.7 Å². The van der Waals surface area contributed by atoms with E-state index in [9.17, 15) is 10.2 Å². The summed E-state index contributed by atoms with van der Waals surface area (Å²) in [5.41, 5.74) is 5.03. The first-order valence-corrected chi connectivity index (χ1v) is 13.4. The normalized spacial score (nSPS) is 13.0. The molecule has 0 bridgehead atoms. The van der Waals surface area contributed by atoms with E-state index in [1.807, 2.05) is 0 Å². The molecule has 0 N–H and O–H groups in total. The van der Waals surface area contributed by atoms with Gasteiger partial charge in [0.25, 0.3) is 0 Å². The summed E-state index contributed by atoms with van der Waals surface area (Å²) in [6.07, 6.45) is 4.21. The van der Waals surface area contributed by atoms with Gasteiger partial charge in [0.2, 0.25) is 0 Å². The van der Waals surface area contributed by atoms with E-state index in [0.717, 1.165) is 28.7 Å². The second kappa shape index (κ2) is 14.5. The maximum absolute atomic E-state index is 13.0. The van der Waals surface area contributed by atoms with Crippen LogP contribution >= 0.6 is 0 Å². The van der Waals surface area contributed by atoms with Crippen LogP contribution in [-0.4, -0.2) is 25.5 Å². The number of hydrogen-bond acceptors (Lipinski definition) is 4. The Kier molecular flexibility index (Phi) is 14.3.